The lowest BCUT2D eigenvalue weighted by molar-refractivity contribution is 0.613. The normalized spacial score (nSPS) is 12.4. The first-order valence-corrected chi connectivity index (χ1v) is 7.82. The summed E-state index contributed by atoms with van der Waals surface area (Å²) >= 11 is 3.32. The van der Waals surface area contributed by atoms with Crippen LogP contribution >= 0.6 is 15.9 Å². The Kier molecular flexibility index (Phi) is 4.85. The molecule has 0 radical (unpaired) electrons. The van der Waals surface area contributed by atoms with Crippen LogP contribution in [-0.2, 0) is 23.1 Å². The predicted molar refractivity (Wildman–Crippen MR) is 78.5 cm³/mol. The molecule has 0 aliphatic heterocycles. The molecule has 0 spiro atoms. The standard InChI is InChI=1S/C14H13BrFNOS/c15-12-3-5-13(6-4-12)19(18)9-11-2-1-10(8-17)7-14(11)16/h1-7H,8-9,17H2. The molecule has 0 heterocycles. The van der Waals surface area contributed by atoms with E-state index in [0.29, 0.717) is 17.0 Å². The third-order valence-corrected chi connectivity index (χ3v) is 4.62. The Morgan fingerprint density at radius 1 is 1.16 bits per heavy atom. The summed E-state index contributed by atoms with van der Waals surface area (Å²) in [6.07, 6.45) is 0. The fraction of sp³-hybridized carbons (Fsp3) is 0.143. The smallest absolute Gasteiger partial charge is 0.127 e. The number of nitrogens with two attached hydrogens (primary N) is 1. The maximum Gasteiger partial charge on any atom is 0.127 e. The number of benzene rings is 2. The molecule has 0 aromatic heterocycles. The van der Waals surface area contributed by atoms with Gasteiger partial charge in [-0.05, 0) is 35.9 Å². The first-order valence-electron chi connectivity index (χ1n) is 5.71. The fourth-order valence-electron chi connectivity index (χ4n) is 1.65. The molecule has 0 bridgehead atoms. The minimum Gasteiger partial charge on any atom is -0.326 e. The maximum atomic E-state index is 13.8. The van der Waals surface area contributed by atoms with Crippen molar-refractivity contribution in [1.29, 1.82) is 0 Å². The zero-order chi connectivity index (χ0) is 13.8. The van der Waals surface area contributed by atoms with Gasteiger partial charge in [-0.25, -0.2) is 4.39 Å². The van der Waals surface area contributed by atoms with E-state index in [9.17, 15) is 8.60 Å². The van der Waals surface area contributed by atoms with E-state index in [4.69, 9.17) is 5.73 Å². The van der Waals surface area contributed by atoms with Crippen molar-refractivity contribution in [2.45, 2.75) is 17.2 Å². The second kappa shape index (κ2) is 6.41. The van der Waals surface area contributed by atoms with E-state index in [1.165, 1.54) is 6.07 Å². The van der Waals surface area contributed by atoms with Crippen LogP contribution in [0.25, 0.3) is 0 Å². The summed E-state index contributed by atoms with van der Waals surface area (Å²) < 4.78 is 26.8. The maximum absolute atomic E-state index is 13.8. The van der Waals surface area contributed by atoms with Gasteiger partial charge >= 0.3 is 0 Å². The third kappa shape index (κ3) is 3.72. The molecule has 0 aliphatic rings. The number of hydrogen-bond donors (Lipinski definition) is 1. The average molecular weight is 342 g/mol. The highest BCUT2D eigenvalue weighted by atomic mass is 79.9. The van der Waals surface area contributed by atoms with Crippen LogP contribution in [0.3, 0.4) is 0 Å². The Labute approximate surface area is 122 Å². The van der Waals surface area contributed by atoms with Crippen molar-refractivity contribution >= 4 is 26.7 Å². The van der Waals surface area contributed by atoms with Crippen LogP contribution in [0.15, 0.2) is 51.8 Å². The van der Waals surface area contributed by atoms with E-state index in [-0.39, 0.29) is 11.6 Å². The molecule has 0 saturated carbocycles. The summed E-state index contributed by atoms with van der Waals surface area (Å²) in [5, 5.41) is 0. The molecule has 2 rings (SSSR count). The molecule has 0 fully saturated rings. The number of hydrogen-bond acceptors (Lipinski definition) is 2. The van der Waals surface area contributed by atoms with Gasteiger partial charge in [0.1, 0.15) is 5.82 Å². The Hall–Kier alpha value is -1.04. The second-order valence-corrected chi connectivity index (χ2v) is 6.44. The van der Waals surface area contributed by atoms with Crippen LogP contribution in [0, 0.1) is 5.82 Å². The quantitative estimate of drug-likeness (QED) is 0.926. The first kappa shape index (κ1) is 14.4. The van der Waals surface area contributed by atoms with E-state index in [1.807, 2.05) is 12.1 Å². The first-order chi connectivity index (χ1) is 9.10. The Bertz CT molecular complexity index is 601. The number of rotatable bonds is 4. The van der Waals surface area contributed by atoms with Gasteiger partial charge in [-0.1, -0.05) is 28.1 Å². The van der Waals surface area contributed by atoms with Crippen molar-refractivity contribution in [3.05, 3.63) is 63.9 Å². The topological polar surface area (TPSA) is 43.1 Å². The van der Waals surface area contributed by atoms with E-state index < -0.39 is 10.8 Å². The van der Waals surface area contributed by atoms with Gasteiger partial charge in [0.25, 0.3) is 0 Å². The lowest BCUT2D eigenvalue weighted by atomic mass is 10.1. The Balaban J connectivity index is 2.17. The molecular weight excluding hydrogens is 329 g/mol. The van der Waals surface area contributed by atoms with Crippen molar-refractivity contribution in [3.8, 4) is 0 Å². The molecule has 2 aromatic carbocycles. The van der Waals surface area contributed by atoms with E-state index in [2.05, 4.69) is 15.9 Å². The van der Waals surface area contributed by atoms with Crippen molar-refractivity contribution in [1.82, 2.24) is 0 Å². The third-order valence-electron chi connectivity index (χ3n) is 2.72. The van der Waals surface area contributed by atoms with E-state index in [0.717, 1.165) is 10.0 Å². The van der Waals surface area contributed by atoms with Gasteiger partial charge in [-0.3, -0.25) is 4.21 Å². The highest BCUT2D eigenvalue weighted by Gasteiger charge is 2.09. The highest BCUT2D eigenvalue weighted by molar-refractivity contribution is 9.10. The summed E-state index contributed by atoms with van der Waals surface area (Å²) in [6, 6.07) is 12.0. The van der Waals surface area contributed by atoms with Crippen molar-refractivity contribution in [2.24, 2.45) is 5.73 Å². The van der Waals surface area contributed by atoms with Gasteiger partial charge in [0.15, 0.2) is 0 Å². The molecule has 2 aromatic rings. The summed E-state index contributed by atoms with van der Waals surface area (Å²) in [5.74, 6) is -0.188. The summed E-state index contributed by atoms with van der Waals surface area (Å²) in [6.45, 7) is 0.299. The van der Waals surface area contributed by atoms with Gasteiger partial charge in [0.2, 0.25) is 0 Å². The van der Waals surface area contributed by atoms with Gasteiger partial charge in [0.05, 0.1) is 16.6 Å². The molecule has 0 aliphatic carbocycles. The summed E-state index contributed by atoms with van der Waals surface area (Å²) in [7, 11) is -1.25. The SMILES string of the molecule is NCc1ccc(CS(=O)c2ccc(Br)cc2)c(F)c1. The average Bonchev–Trinajstić information content (AvgIpc) is 2.41. The lowest BCUT2D eigenvalue weighted by Gasteiger charge is -2.06. The minimum atomic E-state index is -1.25. The van der Waals surface area contributed by atoms with Gasteiger partial charge in [-0.2, -0.15) is 0 Å². The highest BCUT2D eigenvalue weighted by Crippen LogP contribution is 2.18. The monoisotopic (exact) mass is 341 g/mol. The zero-order valence-corrected chi connectivity index (χ0v) is 12.5. The van der Waals surface area contributed by atoms with Gasteiger partial charge in [0, 0.05) is 21.5 Å². The van der Waals surface area contributed by atoms with Crippen LogP contribution in [0.1, 0.15) is 11.1 Å². The number of halogens is 2. The predicted octanol–water partition coefficient (Wildman–Crippen LogP) is 3.35. The molecular formula is C14H13BrFNOS. The van der Waals surface area contributed by atoms with Crippen molar-refractivity contribution < 1.29 is 8.60 Å². The summed E-state index contributed by atoms with van der Waals surface area (Å²) in [5.41, 5.74) is 6.62. The Morgan fingerprint density at radius 2 is 1.84 bits per heavy atom. The van der Waals surface area contributed by atoms with Crippen LogP contribution in [0.4, 0.5) is 4.39 Å². The fourth-order valence-corrected chi connectivity index (χ4v) is 3.03. The van der Waals surface area contributed by atoms with E-state index in [1.54, 1.807) is 24.3 Å². The van der Waals surface area contributed by atoms with Crippen LogP contribution in [0.5, 0.6) is 0 Å². The largest absolute Gasteiger partial charge is 0.326 e. The molecule has 19 heavy (non-hydrogen) atoms. The molecule has 0 saturated heterocycles. The Morgan fingerprint density at radius 3 is 2.42 bits per heavy atom. The van der Waals surface area contributed by atoms with Crippen LogP contribution < -0.4 is 5.73 Å². The molecule has 1 atom stereocenters. The van der Waals surface area contributed by atoms with Crippen molar-refractivity contribution in [3.63, 3.8) is 0 Å². The van der Waals surface area contributed by atoms with Gasteiger partial charge < -0.3 is 5.73 Å². The summed E-state index contributed by atoms with van der Waals surface area (Å²) in [4.78, 5) is 0.686. The van der Waals surface area contributed by atoms with Crippen molar-refractivity contribution in [2.75, 3.05) is 0 Å². The van der Waals surface area contributed by atoms with Crippen LogP contribution in [0.2, 0.25) is 0 Å². The van der Waals surface area contributed by atoms with E-state index >= 15 is 0 Å². The van der Waals surface area contributed by atoms with Crippen LogP contribution in [-0.4, -0.2) is 4.21 Å². The molecule has 1 unspecified atom stereocenters. The molecule has 100 valence electrons. The van der Waals surface area contributed by atoms with Gasteiger partial charge in [-0.15, -0.1) is 0 Å². The molecule has 2 nitrogen and oxygen atoms in total. The minimum absolute atomic E-state index is 0.165. The molecule has 5 heteroatoms. The lowest BCUT2D eigenvalue weighted by Crippen LogP contribution is -2.02. The molecule has 2 N–H and O–H groups in total. The second-order valence-electron chi connectivity index (χ2n) is 4.07. The zero-order valence-electron chi connectivity index (χ0n) is 10.1. The molecule has 0 amide bonds.